The van der Waals surface area contributed by atoms with E-state index in [1.54, 1.807) is 36.7 Å². The van der Waals surface area contributed by atoms with Crippen molar-refractivity contribution in [2.75, 3.05) is 5.32 Å². The fourth-order valence-corrected chi connectivity index (χ4v) is 4.07. The van der Waals surface area contributed by atoms with Crippen molar-refractivity contribution in [1.29, 1.82) is 0 Å². The van der Waals surface area contributed by atoms with Gasteiger partial charge in [-0.3, -0.25) is 9.48 Å². The average Bonchev–Trinajstić information content (AvgIpc) is 3.30. The highest BCUT2D eigenvalue weighted by Gasteiger charge is 2.60. The maximum absolute atomic E-state index is 14.1. The van der Waals surface area contributed by atoms with E-state index in [0.717, 1.165) is 11.6 Å². The number of hydrogen-bond acceptors (Lipinski definition) is 4. The third kappa shape index (κ3) is 4.62. The molecule has 0 saturated heterocycles. The summed E-state index contributed by atoms with van der Waals surface area (Å²) in [6, 6.07) is 6.60. The monoisotopic (exact) mass is 546 g/mol. The van der Waals surface area contributed by atoms with Crippen LogP contribution in [0.15, 0.2) is 30.3 Å². The highest BCUT2D eigenvalue weighted by molar-refractivity contribution is 6.35. The van der Waals surface area contributed by atoms with Gasteiger partial charge in [-0.1, -0.05) is 29.3 Å². The molecule has 3 aromatic heterocycles. The SMILES string of the molecule is Cc1cc(C(F)(F)C(F)(F)F)n2nc(C(=O)Nc3c(C)nn(Cc4ccc(Cl)cc4Cl)c3C)cc2n1. The molecule has 3 heterocycles. The molecule has 14 heteroatoms. The molecular weight excluding hydrogens is 530 g/mol. The van der Waals surface area contributed by atoms with Gasteiger partial charge in [0.15, 0.2) is 11.3 Å². The number of anilines is 1. The molecule has 4 rings (SSSR count). The van der Waals surface area contributed by atoms with Gasteiger partial charge in [0.1, 0.15) is 5.69 Å². The topological polar surface area (TPSA) is 77.1 Å². The van der Waals surface area contributed by atoms with E-state index in [4.69, 9.17) is 23.2 Å². The molecule has 0 aliphatic carbocycles. The zero-order valence-electron chi connectivity index (χ0n) is 18.9. The second-order valence-electron chi connectivity index (χ2n) is 8.05. The first-order chi connectivity index (χ1) is 16.7. The predicted molar refractivity (Wildman–Crippen MR) is 123 cm³/mol. The number of aryl methyl sites for hydroxylation is 2. The Hall–Kier alpha value is -3.25. The summed E-state index contributed by atoms with van der Waals surface area (Å²) in [7, 11) is 0. The van der Waals surface area contributed by atoms with Gasteiger partial charge >= 0.3 is 12.1 Å². The van der Waals surface area contributed by atoms with Gasteiger partial charge in [0.25, 0.3) is 5.91 Å². The summed E-state index contributed by atoms with van der Waals surface area (Å²) in [5.74, 6) is -6.05. The number of nitrogens with zero attached hydrogens (tertiary/aromatic N) is 5. The molecule has 0 aliphatic heterocycles. The highest BCUT2D eigenvalue weighted by Crippen LogP contribution is 2.43. The summed E-state index contributed by atoms with van der Waals surface area (Å²) in [6.07, 6.45) is -5.86. The summed E-state index contributed by atoms with van der Waals surface area (Å²) in [5.41, 5.74) is -0.239. The van der Waals surface area contributed by atoms with E-state index in [1.807, 2.05) is 0 Å². The van der Waals surface area contributed by atoms with Crippen LogP contribution < -0.4 is 5.32 Å². The summed E-state index contributed by atoms with van der Waals surface area (Å²) >= 11 is 12.2. The molecule has 190 valence electrons. The number of carbonyl (C=O) groups is 1. The van der Waals surface area contributed by atoms with Gasteiger partial charge in [-0.2, -0.15) is 32.1 Å². The van der Waals surface area contributed by atoms with E-state index in [0.29, 0.717) is 37.7 Å². The molecule has 0 unspecified atom stereocenters. The van der Waals surface area contributed by atoms with Gasteiger partial charge in [-0.25, -0.2) is 9.50 Å². The van der Waals surface area contributed by atoms with Gasteiger partial charge in [0.2, 0.25) is 0 Å². The number of nitrogens with one attached hydrogen (secondary N) is 1. The number of fused-ring (bicyclic) bond motifs is 1. The summed E-state index contributed by atoms with van der Waals surface area (Å²) in [4.78, 5) is 16.8. The molecular formula is C22H17Cl2F5N6O. The first-order valence-corrected chi connectivity index (χ1v) is 11.1. The third-order valence-electron chi connectivity index (χ3n) is 5.42. The highest BCUT2D eigenvalue weighted by atomic mass is 35.5. The van der Waals surface area contributed by atoms with Crippen LogP contribution in [0, 0.1) is 20.8 Å². The van der Waals surface area contributed by atoms with Gasteiger partial charge in [-0.15, -0.1) is 0 Å². The lowest BCUT2D eigenvalue weighted by Gasteiger charge is -2.20. The Morgan fingerprint density at radius 1 is 1.03 bits per heavy atom. The van der Waals surface area contributed by atoms with Crippen molar-refractivity contribution in [2.24, 2.45) is 0 Å². The van der Waals surface area contributed by atoms with Crippen LogP contribution in [-0.2, 0) is 12.5 Å². The minimum absolute atomic E-state index is 0.0953. The Morgan fingerprint density at radius 3 is 2.36 bits per heavy atom. The average molecular weight is 547 g/mol. The van der Waals surface area contributed by atoms with Crippen molar-refractivity contribution in [3.8, 4) is 0 Å². The Bertz CT molecular complexity index is 1490. The molecule has 1 amide bonds. The number of alkyl halides is 5. The van der Waals surface area contributed by atoms with Crippen molar-refractivity contribution in [1.82, 2.24) is 24.4 Å². The van der Waals surface area contributed by atoms with E-state index in [9.17, 15) is 26.7 Å². The predicted octanol–water partition coefficient (Wildman–Crippen LogP) is 6.11. The van der Waals surface area contributed by atoms with Crippen molar-refractivity contribution < 1.29 is 26.7 Å². The fourth-order valence-electron chi connectivity index (χ4n) is 3.60. The van der Waals surface area contributed by atoms with Crippen LogP contribution in [0.25, 0.3) is 5.65 Å². The van der Waals surface area contributed by atoms with Crippen LogP contribution in [0.5, 0.6) is 0 Å². The second kappa shape index (κ2) is 9.00. The molecule has 1 aromatic carbocycles. The molecule has 36 heavy (non-hydrogen) atoms. The molecule has 0 atom stereocenters. The number of aromatic nitrogens is 5. The van der Waals surface area contributed by atoms with Crippen molar-refractivity contribution in [2.45, 2.75) is 39.4 Å². The van der Waals surface area contributed by atoms with E-state index in [2.05, 4.69) is 20.5 Å². The van der Waals surface area contributed by atoms with Crippen LogP contribution in [-0.4, -0.2) is 36.5 Å². The molecule has 0 bridgehead atoms. The minimum atomic E-state index is -5.86. The van der Waals surface area contributed by atoms with Crippen LogP contribution in [0.1, 0.15) is 38.8 Å². The van der Waals surface area contributed by atoms with Crippen LogP contribution in [0.3, 0.4) is 0 Å². The van der Waals surface area contributed by atoms with E-state index in [-0.39, 0.29) is 17.9 Å². The van der Waals surface area contributed by atoms with E-state index >= 15 is 0 Å². The lowest BCUT2D eigenvalue weighted by atomic mass is 10.2. The molecule has 0 saturated carbocycles. The standard InChI is InChI=1S/C22H17Cl2F5N6O/c1-10-6-17(21(25,26)22(27,28)29)35-18(30-10)8-16(33-35)20(36)31-19-11(2)32-34(12(19)3)9-13-4-5-14(23)7-15(13)24/h4-8H,9H2,1-3H3,(H,31,36). The summed E-state index contributed by atoms with van der Waals surface area (Å²) in [5, 5.41) is 11.6. The molecule has 0 aliphatic rings. The quantitative estimate of drug-likeness (QED) is 0.306. The molecule has 7 nitrogen and oxygen atoms in total. The number of halogens is 7. The lowest BCUT2D eigenvalue weighted by Crippen LogP contribution is -2.36. The van der Waals surface area contributed by atoms with Gasteiger partial charge in [0.05, 0.1) is 23.6 Å². The normalized spacial score (nSPS) is 12.4. The number of benzene rings is 1. The largest absolute Gasteiger partial charge is 0.459 e. The van der Waals surface area contributed by atoms with E-state index < -0.39 is 29.4 Å². The summed E-state index contributed by atoms with van der Waals surface area (Å²) < 4.78 is 69.2. The Kier molecular flexibility index (Phi) is 6.46. The van der Waals surface area contributed by atoms with Crippen molar-refractivity contribution in [3.05, 3.63) is 74.4 Å². The van der Waals surface area contributed by atoms with Crippen LogP contribution in [0.4, 0.5) is 27.6 Å². The third-order valence-corrected chi connectivity index (χ3v) is 6.01. The van der Waals surface area contributed by atoms with Gasteiger partial charge in [0, 0.05) is 21.8 Å². The smallest absolute Gasteiger partial charge is 0.317 e. The first-order valence-electron chi connectivity index (χ1n) is 10.3. The minimum Gasteiger partial charge on any atom is -0.317 e. The fraction of sp³-hybridized carbons (Fsp3) is 0.273. The zero-order chi connectivity index (χ0) is 26.6. The number of amides is 1. The lowest BCUT2D eigenvalue weighted by molar-refractivity contribution is -0.291. The molecule has 4 aromatic rings. The van der Waals surface area contributed by atoms with Gasteiger partial charge < -0.3 is 5.32 Å². The maximum atomic E-state index is 14.1. The Balaban J connectivity index is 1.66. The van der Waals surface area contributed by atoms with E-state index in [1.165, 1.54) is 6.92 Å². The molecule has 1 N–H and O–H groups in total. The van der Waals surface area contributed by atoms with Crippen molar-refractivity contribution in [3.63, 3.8) is 0 Å². The number of rotatable bonds is 5. The van der Waals surface area contributed by atoms with Crippen LogP contribution in [0.2, 0.25) is 10.0 Å². The zero-order valence-corrected chi connectivity index (χ0v) is 20.4. The number of hydrogen-bond donors (Lipinski definition) is 1. The van der Waals surface area contributed by atoms with Crippen LogP contribution >= 0.6 is 23.2 Å². The number of carbonyl (C=O) groups excluding carboxylic acids is 1. The second-order valence-corrected chi connectivity index (χ2v) is 8.89. The molecule has 0 radical (unpaired) electrons. The Morgan fingerprint density at radius 2 is 1.72 bits per heavy atom. The first kappa shape index (κ1) is 25.8. The summed E-state index contributed by atoms with van der Waals surface area (Å²) in [6.45, 7) is 4.86. The van der Waals surface area contributed by atoms with Crippen molar-refractivity contribution >= 4 is 40.4 Å². The molecule has 0 fully saturated rings. The van der Waals surface area contributed by atoms with Gasteiger partial charge in [-0.05, 0) is 44.5 Å². The maximum Gasteiger partial charge on any atom is 0.459 e. The molecule has 0 spiro atoms. The Labute approximate surface area is 210 Å².